The van der Waals surface area contributed by atoms with Gasteiger partial charge in [0.2, 0.25) is 0 Å². The van der Waals surface area contributed by atoms with Gasteiger partial charge in [-0.2, -0.15) is 0 Å². The fourth-order valence-electron chi connectivity index (χ4n) is 3.90. The Labute approximate surface area is 183 Å². The zero-order valence-corrected chi connectivity index (χ0v) is 18.1. The van der Waals surface area contributed by atoms with Crippen molar-refractivity contribution in [3.8, 4) is 0 Å². The van der Waals surface area contributed by atoms with Crippen molar-refractivity contribution < 1.29 is 13.2 Å². The molecule has 3 aromatic rings. The van der Waals surface area contributed by atoms with E-state index < -0.39 is 10.0 Å². The van der Waals surface area contributed by atoms with Gasteiger partial charge in [-0.15, -0.1) is 0 Å². The highest BCUT2D eigenvalue weighted by molar-refractivity contribution is 7.92. The van der Waals surface area contributed by atoms with Crippen LogP contribution in [0.4, 0.5) is 11.4 Å². The van der Waals surface area contributed by atoms with Crippen LogP contribution in [0.5, 0.6) is 0 Å². The maximum atomic E-state index is 12.6. The van der Waals surface area contributed by atoms with E-state index in [0.29, 0.717) is 30.4 Å². The van der Waals surface area contributed by atoms with Crippen LogP contribution in [0.15, 0.2) is 83.8 Å². The number of amides is 1. The lowest BCUT2D eigenvalue weighted by Crippen LogP contribution is -2.37. The van der Waals surface area contributed by atoms with E-state index in [1.54, 1.807) is 42.5 Å². The van der Waals surface area contributed by atoms with E-state index in [1.807, 2.05) is 6.07 Å². The summed E-state index contributed by atoms with van der Waals surface area (Å²) in [4.78, 5) is 15.1. The monoisotopic (exact) mass is 435 g/mol. The van der Waals surface area contributed by atoms with E-state index >= 15 is 0 Å². The third-order valence-corrected chi connectivity index (χ3v) is 6.81. The molecule has 31 heavy (non-hydrogen) atoms. The van der Waals surface area contributed by atoms with E-state index in [-0.39, 0.29) is 10.8 Å². The van der Waals surface area contributed by atoms with Crippen LogP contribution < -0.4 is 14.9 Å². The number of benzene rings is 3. The van der Waals surface area contributed by atoms with E-state index in [1.165, 1.54) is 23.4 Å². The van der Waals surface area contributed by atoms with Crippen molar-refractivity contribution in [1.29, 1.82) is 0 Å². The molecule has 1 aliphatic heterocycles. The van der Waals surface area contributed by atoms with Gasteiger partial charge in [0, 0.05) is 36.1 Å². The van der Waals surface area contributed by atoms with Gasteiger partial charge in [-0.05, 0) is 55.3 Å². The van der Waals surface area contributed by atoms with Gasteiger partial charge >= 0.3 is 0 Å². The third kappa shape index (κ3) is 4.72. The molecule has 4 rings (SSSR count). The predicted molar refractivity (Wildman–Crippen MR) is 123 cm³/mol. The second-order valence-electron chi connectivity index (χ2n) is 7.63. The first kappa shape index (κ1) is 20.9. The predicted octanol–water partition coefficient (Wildman–Crippen LogP) is 3.67. The number of rotatable bonds is 7. The summed E-state index contributed by atoms with van der Waals surface area (Å²) in [6.45, 7) is 3.39. The summed E-state index contributed by atoms with van der Waals surface area (Å²) in [5.41, 5.74) is 3.31. The van der Waals surface area contributed by atoms with Crippen LogP contribution in [-0.4, -0.2) is 33.5 Å². The minimum Gasteiger partial charge on any atom is -0.367 e. The van der Waals surface area contributed by atoms with Crippen LogP contribution in [0.3, 0.4) is 0 Å². The van der Waals surface area contributed by atoms with Gasteiger partial charge in [0.1, 0.15) is 0 Å². The second-order valence-corrected chi connectivity index (χ2v) is 9.31. The Balaban J connectivity index is 1.38. The molecule has 0 radical (unpaired) electrons. The molecule has 0 fully saturated rings. The number of fused-ring (bicyclic) bond motifs is 1. The quantitative estimate of drug-likeness (QED) is 0.594. The van der Waals surface area contributed by atoms with Gasteiger partial charge in [0.25, 0.3) is 15.9 Å². The SMILES string of the molecule is CC1Cc2ccccc2N1CCNC(=O)c1cccc(NS(=O)(=O)c2ccccc2)c1. The zero-order valence-electron chi connectivity index (χ0n) is 17.3. The number of hydrogen-bond donors (Lipinski definition) is 2. The number of nitrogens with zero attached hydrogens (tertiary/aromatic N) is 1. The Morgan fingerprint density at radius 3 is 2.55 bits per heavy atom. The molecule has 0 saturated heterocycles. The van der Waals surface area contributed by atoms with Crippen molar-refractivity contribution in [2.75, 3.05) is 22.7 Å². The molecule has 1 aliphatic rings. The molecule has 160 valence electrons. The zero-order chi connectivity index (χ0) is 21.8. The van der Waals surface area contributed by atoms with Crippen LogP contribution in [0.2, 0.25) is 0 Å². The molecule has 6 nitrogen and oxygen atoms in total. The summed E-state index contributed by atoms with van der Waals surface area (Å²) in [5.74, 6) is -0.235. The Morgan fingerprint density at radius 2 is 1.74 bits per heavy atom. The fraction of sp³-hybridized carbons (Fsp3) is 0.208. The molecular weight excluding hydrogens is 410 g/mol. The molecule has 1 unspecified atom stereocenters. The first-order valence-electron chi connectivity index (χ1n) is 10.2. The maximum absolute atomic E-state index is 12.6. The lowest BCUT2D eigenvalue weighted by Gasteiger charge is -2.25. The minimum atomic E-state index is -3.71. The molecule has 0 aliphatic carbocycles. The summed E-state index contributed by atoms with van der Waals surface area (Å²) >= 11 is 0. The summed E-state index contributed by atoms with van der Waals surface area (Å²) in [6.07, 6.45) is 1.01. The van der Waals surface area contributed by atoms with Crippen molar-refractivity contribution in [1.82, 2.24) is 5.32 Å². The Kier molecular flexibility index (Phi) is 5.95. The first-order valence-corrected chi connectivity index (χ1v) is 11.7. The van der Waals surface area contributed by atoms with Crippen LogP contribution in [0.25, 0.3) is 0 Å². The topological polar surface area (TPSA) is 78.5 Å². The van der Waals surface area contributed by atoms with Gasteiger partial charge in [0.15, 0.2) is 0 Å². The van der Waals surface area contributed by atoms with E-state index in [2.05, 4.69) is 40.1 Å². The molecule has 1 amide bonds. The summed E-state index contributed by atoms with van der Waals surface area (Å²) < 4.78 is 27.6. The summed E-state index contributed by atoms with van der Waals surface area (Å²) in [7, 11) is -3.71. The lowest BCUT2D eigenvalue weighted by atomic mass is 10.1. The average molecular weight is 436 g/mol. The van der Waals surface area contributed by atoms with E-state index in [9.17, 15) is 13.2 Å². The fourth-order valence-corrected chi connectivity index (χ4v) is 4.97. The molecule has 0 aromatic heterocycles. The number of para-hydroxylation sites is 1. The van der Waals surface area contributed by atoms with Crippen molar-refractivity contribution >= 4 is 27.3 Å². The standard InChI is InChI=1S/C24H25N3O3S/c1-18-16-19-8-5-6-13-23(19)27(18)15-14-25-24(28)20-9-7-10-21(17-20)26-31(29,30)22-11-3-2-4-12-22/h2-13,17-18,26H,14-16H2,1H3,(H,25,28). The number of carbonyl (C=O) groups is 1. The van der Waals surface area contributed by atoms with Gasteiger partial charge < -0.3 is 10.2 Å². The van der Waals surface area contributed by atoms with E-state index in [4.69, 9.17) is 0 Å². The molecule has 0 bridgehead atoms. The van der Waals surface area contributed by atoms with Crippen molar-refractivity contribution in [3.05, 3.63) is 90.0 Å². The maximum Gasteiger partial charge on any atom is 0.261 e. The lowest BCUT2D eigenvalue weighted by molar-refractivity contribution is 0.0954. The second kappa shape index (κ2) is 8.81. The number of anilines is 2. The van der Waals surface area contributed by atoms with Gasteiger partial charge in [-0.25, -0.2) is 8.42 Å². The smallest absolute Gasteiger partial charge is 0.261 e. The average Bonchev–Trinajstić information content (AvgIpc) is 3.09. The Morgan fingerprint density at radius 1 is 1.00 bits per heavy atom. The van der Waals surface area contributed by atoms with Crippen LogP contribution in [0, 0.1) is 0 Å². The molecule has 7 heteroatoms. The molecule has 2 N–H and O–H groups in total. The molecule has 0 saturated carbocycles. The molecule has 1 atom stereocenters. The Hall–Kier alpha value is -3.32. The van der Waals surface area contributed by atoms with E-state index in [0.717, 1.165) is 6.42 Å². The van der Waals surface area contributed by atoms with Gasteiger partial charge in [-0.3, -0.25) is 9.52 Å². The van der Waals surface area contributed by atoms with Crippen LogP contribution in [0.1, 0.15) is 22.8 Å². The summed E-state index contributed by atoms with van der Waals surface area (Å²) in [5, 5.41) is 2.94. The highest BCUT2D eigenvalue weighted by atomic mass is 32.2. The molecule has 3 aromatic carbocycles. The van der Waals surface area contributed by atoms with Crippen molar-refractivity contribution in [2.24, 2.45) is 0 Å². The van der Waals surface area contributed by atoms with Crippen molar-refractivity contribution in [2.45, 2.75) is 24.3 Å². The van der Waals surface area contributed by atoms with Gasteiger partial charge in [0.05, 0.1) is 4.90 Å². The summed E-state index contributed by atoms with van der Waals surface area (Å²) in [6, 6.07) is 23.4. The molecule has 1 heterocycles. The Bertz CT molecular complexity index is 1180. The molecule has 0 spiro atoms. The van der Waals surface area contributed by atoms with Crippen molar-refractivity contribution in [3.63, 3.8) is 0 Å². The highest BCUT2D eigenvalue weighted by Crippen LogP contribution is 2.31. The van der Waals surface area contributed by atoms with Gasteiger partial charge in [-0.1, -0.05) is 42.5 Å². The van der Waals surface area contributed by atoms with Crippen LogP contribution >= 0.6 is 0 Å². The number of nitrogens with one attached hydrogen (secondary N) is 2. The third-order valence-electron chi connectivity index (χ3n) is 5.42. The number of hydrogen-bond acceptors (Lipinski definition) is 4. The number of sulfonamides is 1. The van der Waals surface area contributed by atoms with Crippen LogP contribution in [-0.2, 0) is 16.4 Å². The minimum absolute atomic E-state index is 0.171. The first-order chi connectivity index (χ1) is 14.9. The molecular formula is C24H25N3O3S. The number of carbonyl (C=O) groups excluding carboxylic acids is 1. The largest absolute Gasteiger partial charge is 0.367 e. The highest BCUT2D eigenvalue weighted by Gasteiger charge is 2.25. The normalized spacial score (nSPS) is 15.4.